The van der Waals surface area contributed by atoms with Crippen molar-refractivity contribution < 1.29 is 28.5 Å². The fraction of sp³-hybridized carbons (Fsp3) is 1.00. The maximum Gasteiger partial charge on any atom is 0.192 e. The van der Waals surface area contributed by atoms with Crippen molar-refractivity contribution >= 4 is 8.32 Å². The number of methoxy groups -OCH3 is 2. The molecule has 1 saturated heterocycles. The number of rotatable bonds is 6. The third kappa shape index (κ3) is 5.22. The van der Waals surface area contributed by atoms with E-state index in [4.69, 9.17) is 23.4 Å². The van der Waals surface area contributed by atoms with Crippen LogP contribution < -0.4 is 0 Å². The molecule has 0 aliphatic carbocycles. The molecule has 1 aliphatic rings. The van der Waals surface area contributed by atoms with Crippen LogP contribution in [-0.2, 0) is 23.4 Å². The van der Waals surface area contributed by atoms with Crippen LogP contribution in [0.25, 0.3) is 0 Å². The molecule has 0 saturated carbocycles. The van der Waals surface area contributed by atoms with Crippen molar-refractivity contribution in [2.45, 2.75) is 83.1 Å². The van der Waals surface area contributed by atoms with Gasteiger partial charge < -0.3 is 28.5 Å². The van der Waals surface area contributed by atoms with Gasteiger partial charge in [-0.25, -0.2) is 0 Å². The number of aliphatic hydroxyl groups is 1. The quantitative estimate of drug-likeness (QED) is 0.586. The Balaban J connectivity index is 3.10. The van der Waals surface area contributed by atoms with Crippen molar-refractivity contribution in [2.75, 3.05) is 20.8 Å². The SMILES string of the molecule is COC(OC)[C@H](O[Si](C)(C)C(C)(C)C)[C@@H]1OC(C)(C)OC[C@@H]1O. The molecule has 0 aromatic carbocycles. The molecule has 1 heterocycles. The predicted molar refractivity (Wildman–Crippen MR) is 90.8 cm³/mol. The van der Waals surface area contributed by atoms with Gasteiger partial charge in [-0.3, -0.25) is 0 Å². The molecule has 0 bridgehead atoms. The van der Waals surface area contributed by atoms with Crippen LogP contribution in [-0.4, -0.2) is 64.6 Å². The highest BCUT2D eigenvalue weighted by atomic mass is 28.4. The molecule has 1 fully saturated rings. The summed E-state index contributed by atoms with van der Waals surface area (Å²) in [5.74, 6) is -0.787. The van der Waals surface area contributed by atoms with Crippen molar-refractivity contribution in [3.8, 4) is 0 Å². The molecule has 23 heavy (non-hydrogen) atoms. The molecule has 7 heteroatoms. The summed E-state index contributed by atoms with van der Waals surface area (Å²) in [6, 6.07) is 0. The zero-order chi connectivity index (χ0) is 18.1. The van der Waals surface area contributed by atoms with Gasteiger partial charge in [-0.1, -0.05) is 20.8 Å². The minimum Gasteiger partial charge on any atom is -0.406 e. The summed E-state index contributed by atoms with van der Waals surface area (Å²) in [7, 11) is 1.01. The van der Waals surface area contributed by atoms with Gasteiger partial charge in [0.2, 0.25) is 0 Å². The summed E-state index contributed by atoms with van der Waals surface area (Å²) in [4.78, 5) is 0. The van der Waals surface area contributed by atoms with Gasteiger partial charge >= 0.3 is 0 Å². The van der Waals surface area contributed by atoms with Crippen molar-refractivity contribution in [2.24, 2.45) is 0 Å². The normalized spacial score (nSPS) is 27.3. The lowest BCUT2D eigenvalue weighted by molar-refractivity contribution is -0.332. The Morgan fingerprint density at radius 2 is 1.70 bits per heavy atom. The van der Waals surface area contributed by atoms with E-state index in [0.717, 1.165) is 0 Å². The van der Waals surface area contributed by atoms with Crippen molar-refractivity contribution in [3.63, 3.8) is 0 Å². The number of hydrogen-bond acceptors (Lipinski definition) is 6. The minimum atomic E-state index is -2.12. The Bertz CT molecular complexity index is 375. The lowest BCUT2D eigenvalue weighted by Crippen LogP contribution is -2.60. The van der Waals surface area contributed by atoms with Crippen LogP contribution in [0.1, 0.15) is 34.6 Å². The zero-order valence-electron chi connectivity index (χ0n) is 16.0. The van der Waals surface area contributed by atoms with E-state index in [1.165, 1.54) is 0 Å². The first-order valence-electron chi connectivity index (χ1n) is 8.08. The van der Waals surface area contributed by atoms with Crippen LogP contribution in [0.5, 0.6) is 0 Å². The standard InChI is InChI=1S/C16H34O6Si/c1-15(2,3)23(8,9)22-13(14(18-6)19-7)12-11(17)10-20-16(4,5)21-12/h11-14,17H,10H2,1-9H3/t11-,12+,13+/m0/s1. The highest BCUT2D eigenvalue weighted by molar-refractivity contribution is 6.74. The van der Waals surface area contributed by atoms with Crippen LogP contribution in [0.3, 0.4) is 0 Å². The number of aliphatic hydroxyl groups excluding tert-OH is 1. The summed E-state index contributed by atoms with van der Waals surface area (Å²) < 4.78 is 28.8. The van der Waals surface area contributed by atoms with E-state index >= 15 is 0 Å². The monoisotopic (exact) mass is 350 g/mol. The second kappa shape index (κ2) is 7.47. The highest BCUT2D eigenvalue weighted by Gasteiger charge is 2.48. The molecule has 1 rings (SSSR count). The third-order valence-electron chi connectivity index (χ3n) is 4.69. The molecule has 0 aromatic heterocycles. The Labute approximate surface area is 141 Å². The minimum absolute atomic E-state index is 0.0168. The van der Waals surface area contributed by atoms with Crippen LogP contribution in [0.4, 0.5) is 0 Å². The molecule has 1 N–H and O–H groups in total. The predicted octanol–water partition coefficient (Wildman–Crippen LogP) is 2.51. The number of hydrogen-bond donors (Lipinski definition) is 1. The summed E-state index contributed by atoms with van der Waals surface area (Å²) in [6.45, 7) is 14.6. The van der Waals surface area contributed by atoms with E-state index in [2.05, 4.69) is 33.9 Å². The largest absolute Gasteiger partial charge is 0.406 e. The van der Waals surface area contributed by atoms with Crippen molar-refractivity contribution in [3.05, 3.63) is 0 Å². The molecule has 0 aromatic rings. The topological polar surface area (TPSA) is 66.4 Å². The van der Waals surface area contributed by atoms with Gasteiger partial charge in [-0.15, -0.1) is 0 Å². The van der Waals surface area contributed by atoms with Crippen LogP contribution in [0.15, 0.2) is 0 Å². The molecule has 0 amide bonds. The second-order valence-corrected chi connectivity index (χ2v) is 12.8. The zero-order valence-corrected chi connectivity index (χ0v) is 17.0. The van der Waals surface area contributed by atoms with E-state index in [-0.39, 0.29) is 11.6 Å². The smallest absolute Gasteiger partial charge is 0.192 e. The first-order valence-corrected chi connectivity index (χ1v) is 11.0. The summed E-state index contributed by atoms with van der Waals surface area (Å²) >= 11 is 0. The van der Waals surface area contributed by atoms with E-state index in [1.807, 2.05) is 13.8 Å². The molecule has 6 nitrogen and oxygen atoms in total. The van der Waals surface area contributed by atoms with Gasteiger partial charge in [0.05, 0.1) is 6.61 Å². The van der Waals surface area contributed by atoms with Gasteiger partial charge in [0.25, 0.3) is 0 Å². The Morgan fingerprint density at radius 3 is 2.13 bits per heavy atom. The van der Waals surface area contributed by atoms with Gasteiger partial charge in [0.1, 0.15) is 18.3 Å². The fourth-order valence-electron chi connectivity index (χ4n) is 2.27. The van der Waals surface area contributed by atoms with Gasteiger partial charge in [-0.05, 0) is 32.0 Å². The van der Waals surface area contributed by atoms with E-state index in [9.17, 15) is 5.11 Å². The first-order chi connectivity index (χ1) is 10.3. The summed E-state index contributed by atoms with van der Waals surface area (Å²) in [6.07, 6.45) is -2.55. The van der Waals surface area contributed by atoms with Crippen LogP contribution in [0.2, 0.25) is 18.1 Å². The number of ether oxygens (including phenoxy) is 4. The van der Waals surface area contributed by atoms with Crippen LogP contribution >= 0.6 is 0 Å². The molecular weight excluding hydrogens is 316 g/mol. The Kier molecular flexibility index (Phi) is 6.83. The fourth-order valence-corrected chi connectivity index (χ4v) is 3.55. The molecule has 138 valence electrons. The van der Waals surface area contributed by atoms with Crippen molar-refractivity contribution in [1.82, 2.24) is 0 Å². The average Bonchev–Trinajstić information content (AvgIpc) is 2.40. The van der Waals surface area contributed by atoms with Crippen LogP contribution in [0, 0.1) is 0 Å². The van der Waals surface area contributed by atoms with Gasteiger partial charge in [0, 0.05) is 14.2 Å². The average molecular weight is 351 g/mol. The highest BCUT2D eigenvalue weighted by Crippen LogP contribution is 2.39. The molecule has 1 aliphatic heterocycles. The lowest BCUT2D eigenvalue weighted by Gasteiger charge is -2.47. The Morgan fingerprint density at radius 1 is 1.17 bits per heavy atom. The second-order valence-electron chi connectivity index (χ2n) is 8.04. The van der Waals surface area contributed by atoms with Gasteiger partial charge in [-0.2, -0.15) is 0 Å². The molecule has 0 radical (unpaired) electrons. The molecule has 0 spiro atoms. The maximum atomic E-state index is 10.4. The summed E-state index contributed by atoms with van der Waals surface area (Å²) in [5.41, 5.74) is 0. The molecule has 3 atom stereocenters. The maximum absolute atomic E-state index is 10.4. The summed E-state index contributed by atoms with van der Waals surface area (Å²) in [5, 5.41) is 10.4. The first kappa shape index (κ1) is 21.0. The van der Waals surface area contributed by atoms with E-state index in [1.54, 1.807) is 14.2 Å². The molecular formula is C16H34O6Si. The van der Waals surface area contributed by atoms with Crippen molar-refractivity contribution in [1.29, 1.82) is 0 Å². The molecule has 0 unspecified atom stereocenters. The Hall–Kier alpha value is -0.0231. The van der Waals surface area contributed by atoms with E-state index < -0.39 is 38.7 Å². The van der Waals surface area contributed by atoms with E-state index in [0.29, 0.717) is 0 Å². The van der Waals surface area contributed by atoms with Gasteiger partial charge in [0.15, 0.2) is 20.4 Å². The third-order valence-corrected chi connectivity index (χ3v) is 9.17. The lowest BCUT2D eigenvalue weighted by atomic mass is 10.1.